The van der Waals surface area contributed by atoms with Crippen LogP contribution in [0, 0.1) is 0 Å². The molecule has 0 aromatic rings. The van der Waals surface area contributed by atoms with Crippen LogP contribution in [0.2, 0.25) is 0 Å². The molecule has 0 aromatic heterocycles. The van der Waals surface area contributed by atoms with E-state index in [1.54, 1.807) is 0 Å². The summed E-state index contributed by atoms with van der Waals surface area (Å²) >= 11 is 0. The first-order valence-corrected chi connectivity index (χ1v) is 0.775. The molecular weight excluding hydrogens is 97.9 g/mol. The van der Waals surface area contributed by atoms with Crippen LogP contribution in [0.15, 0.2) is 0 Å². The summed E-state index contributed by atoms with van der Waals surface area (Å²) in [7, 11) is -2.17. The van der Waals surface area contributed by atoms with E-state index in [-0.39, 0.29) is 54.2 Å². The van der Waals surface area contributed by atoms with Gasteiger partial charge < -0.3 is 16.5 Å². The minimum Gasteiger partial charge on any atom is -1.00 e. The first-order chi connectivity index (χ1) is 1.73. The van der Waals surface area contributed by atoms with Crippen molar-refractivity contribution in [3.63, 3.8) is 0 Å². The zero-order valence-corrected chi connectivity index (χ0v) is 6.04. The fraction of sp³-hybridized carbons (Fsp3) is 0. The normalized spacial score (nSPS) is 5.40. The zero-order chi connectivity index (χ0) is 3.58. The molecule has 5 heteroatoms. The Kier molecular flexibility index (Phi) is 10.9. The largest absolute Gasteiger partial charge is 1.00 e. The van der Waals surface area contributed by atoms with Crippen LogP contribution < -0.4 is 51.4 Å². The summed E-state index contributed by atoms with van der Waals surface area (Å²) in [6, 6.07) is 0. The summed E-state index contributed by atoms with van der Waals surface area (Å²) in [5.41, 5.74) is 0. The fourth-order valence-electron chi connectivity index (χ4n) is 0. The van der Waals surface area contributed by atoms with Gasteiger partial charge in [0.15, 0.2) is 0 Å². The number of hydrogen-bond donors (Lipinski definition) is 3. The molecule has 0 bridgehead atoms. The van der Waals surface area contributed by atoms with Crippen molar-refractivity contribution < 1.29 is 69.3 Å². The van der Waals surface area contributed by atoms with E-state index in [1.807, 2.05) is 0 Å². The third-order valence-corrected chi connectivity index (χ3v) is 0. The van der Waals surface area contributed by atoms with E-state index in [1.165, 1.54) is 0 Å². The fourth-order valence-corrected chi connectivity index (χ4v) is 0. The molecule has 0 aromatic carbocycles. The molecule has 0 aliphatic heterocycles. The Labute approximate surface area is 75.6 Å². The van der Waals surface area contributed by atoms with Crippen molar-refractivity contribution in [1.82, 2.24) is 0 Å². The Morgan fingerprint density at radius 2 is 1.40 bits per heavy atom. The van der Waals surface area contributed by atoms with Crippen molar-refractivity contribution in [1.29, 1.82) is 0 Å². The first kappa shape index (κ1) is 9.77. The summed E-state index contributed by atoms with van der Waals surface area (Å²) in [6.07, 6.45) is 0. The quantitative estimate of drug-likeness (QED) is 0.271. The van der Waals surface area contributed by atoms with Crippen LogP contribution in [-0.4, -0.2) is 22.4 Å². The smallest absolute Gasteiger partial charge is 1.00 e. The molecule has 28 valence electrons. The Morgan fingerprint density at radius 1 is 1.40 bits per heavy atom. The minimum atomic E-state index is -2.17. The monoisotopic (exact) mass is 104 g/mol. The van der Waals surface area contributed by atoms with Gasteiger partial charge in [-0.05, 0) is 0 Å². The SMILES string of the molecule is OB(O)O.[H-].[HH].[K+]. The van der Waals surface area contributed by atoms with E-state index in [0.717, 1.165) is 0 Å². The van der Waals surface area contributed by atoms with Crippen LogP contribution in [0.1, 0.15) is 2.85 Å². The van der Waals surface area contributed by atoms with E-state index in [2.05, 4.69) is 0 Å². The second-order valence-electron chi connectivity index (χ2n) is 0.346. The number of rotatable bonds is 0. The zero-order valence-electron chi connectivity index (χ0n) is 3.92. The molecule has 0 radical (unpaired) electrons. The third kappa shape index (κ3) is 28.6. The van der Waals surface area contributed by atoms with Gasteiger partial charge in [-0.1, -0.05) is 0 Å². The van der Waals surface area contributed by atoms with E-state index in [4.69, 9.17) is 15.1 Å². The first-order valence-electron chi connectivity index (χ1n) is 0.775. The van der Waals surface area contributed by atoms with Crippen molar-refractivity contribution in [2.24, 2.45) is 0 Å². The van der Waals surface area contributed by atoms with Gasteiger partial charge in [-0.15, -0.1) is 0 Å². The van der Waals surface area contributed by atoms with Gasteiger partial charge >= 0.3 is 58.7 Å². The predicted molar refractivity (Wildman–Crippen MR) is 15.6 cm³/mol. The molecule has 0 fully saturated rings. The molecule has 0 aliphatic carbocycles. The van der Waals surface area contributed by atoms with Crippen molar-refractivity contribution >= 4 is 7.32 Å². The maximum atomic E-state index is 7.17. The molecule has 0 saturated carbocycles. The van der Waals surface area contributed by atoms with Gasteiger partial charge in [0.05, 0.1) is 0 Å². The molecule has 3 N–H and O–H groups in total. The molecular formula is H6BKO3. The van der Waals surface area contributed by atoms with Gasteiger partial charge in [-0.3, -0.25) is 0 Å². The molecule has 0 atom stereocenters. The maximum Gasteiger partial charge on any atom is 1.00 e. The van der Waals surface area contributed by atoms with Crippen LogP contribution in [0.5, 0.6) is 0 Å². The van der Waals surface area contributed by atoms with Gasteiger partial charge in [-0.25, -0.2) is 0 Å². The van der Waals surface area contributed by atoms with Gasteiger partial charge in [0.1, 0.15) is 0 Å². The maximum absolute atomic E-state index is 7.17. The molecule has 0 amide bonds. The van der Waals surface area contributed by atoms with Gasteiger partial charge in [0.25, 0.3) is 0 Å². The van der Waals surface area contributed by atoms with Crippen LogP contribution >= 0.6 is 0 Å². The molecule has 5 heavy (non-hydrogen) atoms. The molecule has 3 nitrogen and oxygen atoms in total. The van der Waals surface area contributed by atoms with Crippen LogP contribution in [0.25, 0.3) is 0 Å². The molecule has 0 heterocycles. The van der Waals surface area contributed by atoms with Crippen LogP contribution in [0.4, 0.5) is 0 Å². The average Bonchev–Trinajstić information content (AvgIpc) is 0.811. The van der Waals surface area contributed by atoms with Crippen molar-refractivity contribution in [3.8, 4) is 0 Å². The van der Waals surface area contributed by atoms with E-state index < -0.39 is 7.32 Å². The topological polar surface area (TPSA) is 60.7 Å². The molecule has 0 unspecified atom stereocenters. The van der Waals surface area contributed by atoms with Gasteiger partial charge in [0.2, 0.25) is 0 Å². The van der Waals surface area contributed by atoms with Crippen molar-refractivity contribution in [3.05, 3.63) is 0 Å². The second-order valence-corrected chi connectivity index (χ2v) is 0.346. The summed E-state index contributed by atoms with van der Waals surface area (Å²) in [5, 5.41) is 21.5. The Balaban J connectivity index is -0.0000000150. The summed E-state index contributed by atoms with van der Waals surface area (Å²) in [4.78, 5) is 0. The van der Waals surface area contributed by atoms with Crippen molar-refractivity contribution in [2.45, 2.75) is 0 Å². The Hall–Kier alpha value is 1.58. The average molecular weight is 104 g/mol. The predicted octanol–water partition coefficient (Wildman–Crippen LogP) is -4.69. The van der Waals surface area contributed by atoms with Gasteiger partial charge in [-0.2, -0.15) is 0 Å². The van der Waals surface area contributed by atoms with E-state index >= 15 is 0 Å². The summed E-state index contributed by atoms with van der Waals surface area (Å²) in [6.45, 7) is 0. The van der Waals surface area contributed by atoms with E-state index in [9.17, 15) is 0 Å². The standard InChI is InChI=1S/BH3O3.K.H2.H/c2-1(3)4;;;/h2-4H;;1H;/q;+1;;-1. The van der Waals surface area contributed by atoms with Crippen LogP contribution in [0.3, 0.4) is 0 Å². The second kappa shape index (κ2) is 5.58. The molecule has 0 saturated heterocycles. The summed E-state index contributed by atoms with van der Waals surface area (Å²) < 4.78 is 0. The van der Waals surface area contributed by atoms with Crippen molar-refractivity contribution in [2.75, 3.05) is 0 Å². The Morgan fingerprint density at radius 3 is 1.40 bits per heavy atom. The minimum absolute atomic E-state index is 0. The molecule has 0 aliphatic rings. The third-order valence-electron chi connectivity index (χ3n) is 0. The van der Waals surface area contributed by atoms with Crippen LogP contribution in [-0.2, 0) is 0 Å². The van der Waals surface area contributed by atoms with E-state index in [0.29, 0.717) is 0 Å². The molecule has 0 rings (SSSR count). The number of hydrogen-bond acceptors (Lipinski definition) is 3. The Bertz CT molecular complexity index is 17.7. The summed E-state index contributed by atoms with van der Waals surface area (Å²) in [5.74, 6) is 0. The van der Waals surface area contributed by atoms with Gasteiger partial charge in [0, 0.05) is 1.43 Å². The molecule has 0 spiro atoms.